The molecule has 1 fully saturated rings. The zero-order chi connectivity index (χ0) is 22.6. The van der Waals surface area contributed by atoms with Gasteiger partial charge in [-0.05, 0) is 30.3 Å². The van der Waals surface area contributed by atoms with Crippen LogP contribution in [-0.2, 0) is 14.8 Å². The molecule has 1 aliphatic heterocycles. The standard InChI is InChI=1S/C21H25F2N3O4S/c1-3-26(4-2)31(28,29)16-6-8-20(25-9-11-30-12-10-25)19(14-16)24-21(27)17-7-5-15(22)13-18(17)23/h5-8,13-14H,3-4,9-12H2,1-2H3,(H,24,27). The molecule has 0 spiro atoms. The highest BCUT2D eigenvalue weighted by molar-refractivity contribution is 7.89. The second-order valence-corrected chi connectivity index (χ2v) is 8.88. The van der Waals surface area contributed by atoms with Gasteiger partial charge < -0.3 is 15.0 Å². The fourth-order valence-electron chi connectivity index (χ4n) is 3.43. The van der Waals surface area contributed by atoms with Crippen LogP contribution in [0.5, 0.6) is 0 Å². The Balaban J connectivity index is 2.02. The highest BCUT2D eigenvalue weighted by Gasteiger charge is 2.25. The fourth-order valence-corrected chi connectivity index (χ4v) is 4.92. The second-order valence-electron chi connectivity index (χ2n) is 6.95. The summed E-state index contributed by atoms with van der Waals surface area (Å²) in [5, 5.41) is 2.61. The first-order valence-electron chi connectivity index (χ1n) is 10.0. The number of carbonyl (C=O) groups excluding carboxylic acids is 1. The van der Waals surface area contributed by atoms with Crippen molar-refractivity contribution in [2.24, 2.45) is 0 Å². The quantitative estimate of drug-likeness (QED) is 0.697. The summed E-state index contributed by atoms with van der Waals surface area (Å²) >= 11 is 0. The van der Waals surface area contributed by atoms with Crippen molar-refractivity contribution in [1.82, 2.24) is 4.31 Å². The number of nitrogens with zero attached hydrogens (tertiary/aromatic N) is 2. The molecule has 168 valence electrons. The Labute approximate surface area is 180 Å². The van der Waals surface area contributed by atoms with Gasteiger partial charge in [0.25, 0.3) is 5.91 Å². The van der Waals surface area contributed by atoms with Gasteiger partial charge in [0, 0.05) is 32.2 Å². The van der Waals surface area contributed by atoms with Crippen molar-refractivity contribution in [3.63, 3.8) is 0 Å². The van der Waals surface area contributed by atoms with E-state index in [9.17, 15) is 22.0 Å². The van der Waals surface area contributed by atoms with Crippen LogP contribution in [0, 0.1) is 11.6 Å². The number of benzene rings is 2. The average Bonchev–Trinajstić information content (AvgIpc) is 2.75. The summed E-state index contributed by atoms with van der Waals surface area (Å²) in [7, 11) is -3.77. The van der Waals surface area contributed by atoms with E-state index >= 15 is 0 Å². The largest absolute Gasteiger partial charge is 0.378 e. The molecule has 1 aliphatic rings. The van der Waals surface area contributed by atoms with Crippen molar-refractivity contribution in [2.45, 2.75) is 18.7 Å². The maximum atomic E-state index is 14.1. The summed E-state index contributed by atoms with van der Waals surface area (Å²) < 4.78 is 59.9. The molecule has 10 heteroatoms. The number of carbonyl (C=O) groups is 1. The van der Waals surface area contributed by atoms with Crippen LogP contribution in [0.1, 0.15) is 24.2 Å². The predicted octanol–water partition coefficient (Wildman–Crippen LogP) is 3.08. The van der Waals surface area contributed by atoms with E-state index in [0.29, 0.717) is 51.1 Å². The van der Waals surface area contributed by atoms with E-state index in [-0.39, 0.29) is 16.1 Å². The number of hydrogen-bond acceptors (Lipinski definition) is 5. The van der Waals surface area contributed by atoms with Gasteiger partial charge in [-0.15, -0.1) is 0 Å². The molecule has 31 heavy (non-hydrogen) atoms. The van der Waals surface area contributed by atoms with Crippen molar-refractivity contribution in [3.05, 3.63) is 53.6 Å². The van der Waals surface area contributed by atoms with Crippen molar-refractivity contribution in [3.8, 4) is 0 Å². The number of amides is 1. The van der Waals surface area contributed by atoms with E-state index in [1.54, 1.807) is 19.9 Å². The van der Waals surface area contributed by atoms with Gasteiger partial charge in [-0.2, -0.15) is 4.31 Å². The van der Waals surface area contributed by atoms with Crippen LogP contribution in [0.25, 0.3) is 0 Å². The van der Waals surface area contributed by atoms with E-state index in [4.69, 9.17) is 4.74 Å². The zero-order valence-electron chi connectivity index (χ0n) is 17.4. The molecule has 1 heterocycles. The number of halogens is 2. The van der Waals surface area contributed by atoms with E-state index in [2.05, 4.69) is 5.32 Å². The third-order valence-corrected chi connectivity index (χ3v) is 7.13. The van der Waals surface area contributed by atoms with Gasteiger partial charge in [0.1, 0.15) is 11.6 Å². The lowest BCUT2D eigenvalue weighted by Gasteiger charge is -2.31. The molecule has 1 amide bonds. The summed E-state index contributed by atoms with van der Waals surface area (Å²) in [6.07, 6.45) is 0. The van der Waals surface area contributed by atoms with Crippen molar-refractivity contribution >= 4 is 27.3 Å². The van der Waals surface area contributed by atoms with Crippen LogP contribution in [0.2, 0.25) is 0 Å². The normalized spacial score (nSPS) is 14.7. The van der Waals surface area contributed by atoms with Crippen LogP contribution < -0.4 is 10.2 Å². The first kappa shape index (κ1) is 23.1. The average molecular weight is 454 g/mol. The number of nitrogens with one attached hydrogen (secondary N) is 1. The van der Waals surface area contributed by atoms with Gasteiger partial charge in [-0.1, -0.05) is 13.8 Å². The monoisotopic (exact) mass is 453 g/mol. The molecule has 7 nitrogen and oxygen atoms in total. The van der Waals surface area contributed by atoms with Gasteiger partial charge in [0.2, 0.25) is 10.0 Å². The van der Waals surface area contributed by atoms with Gasteiger partial charge in [0.15, 0.2) is 0 Å². The maximum Gasteiger partial charge on any atom is 0.258 e. The van der Waals surface area contributed by atoms with E-state index in [0.717, 1.165) is 12.1 Å². The Morgan fingerprint density at radius 2 is 1.77 bits per heavy atom. The lowest BCUT2D eigenvalue weighted by Crippen LogP contribution is -2.37. The second kappa shape index (κ2) is 9.71. The van der Waals surface area contributed by atoms with Crippen LogP contribution in [0.15, 0.2) is 41.3 Å². The summed E-state index contributed by atoms with van der Waals surface area (Å²) in [5.74, 6) is -2.60. The van der Waals surface area contributed by atoms with Crippen LogP contribution in [-0.4, -0.2) is 58.0 Å². The molecule has 0 atom stereocenters. The van der Waals surface area contributed by atoms with E-state index in [1.165, 1.54) is 16.4 Å². The Morgan fingerprint density at radius 1 is 1.10 bits per heavy atom. The van der Waals surface area contributed by atoms with Gasteiger partial charge in [0.05, 0.1) is 35.0 Å². The number of sulfonamides is 1. The van der Waals surface area contributed by atoms with Crippen molar-refractivity contribution < 1.29 is 26.7 Å². The summed E-state index contributed by atoms with van der Waals surface area (Å²) in [5.41, 5.74) is 0.479. The molecule has 2 aromatic carbocycles. The van der Waals surface area contributed by atoms with Gasteiger partial charge >= 0.3 is 0 Å². The van der Waals surface area contributed by atoms with E-state index < -0.39 is 27.6 Å². The lowest BCUT2D eigenvalue weighted by molar-refractivity contribution is 0.102. The Bertz CT molecular complexity index is 1050. The minimum Gasteiger partial charge on any atom is -0.378 e. The third-order valence-electron chi connectivity index (χ3n) is 5.09. The topological polar surface area (TPSA) is 79.0 Å². The zero-order valence-corrected chi connectivity index (χ0v) is 18.2. The van der Waals surface area contributed by atoms with Gasteiger partial charge in [-0.25, -0.2) is 17.2 Å². The third kappa shape index (κ3) is 5.03. The van der Waals surface area contributed by atoms with Crippen molar-refractivity contribution in [1.29, 1.82) is 0 Å². The molecule has 0 aromatic heterocycles. The number of rotatable bonds is 7. The molecule has 0 radical (unpaired) electrons. The molecule has 1 N–H and O–H groups in total. The minimum atomic E-state index is -3.77. The fraction of sp³-hybridized carbons (Fsp3) is 0.381. The van der Waals surface area contributed by atoms with Crippen molar-refractivity contribution in [2.75, 3.05) is 49.6 Å². The Morgan fingerprint density at radius 3 is 2.39 bits per heavy atom. The first-order chi connectivity index (χ1) is 14.8. The molecule has 1 saturated heterocycles. The number of anilines is 2. The predicted molar refractivity (Wildman–Crippen MR) is 114 cm³/mol. The summed E-state index contributed by atoms with van der Waals surface area (Å²) in [6, 6.07) is 7.15. The first-order valence-corrected chi connectivity index (χ1v) is 11.4. The van der Waals surface area contributed by atoms with Crippen LogP contribution in [0.3, 0.4) is 0 Å². The summed E-state index contributed by atoms with van der Waals surface area (Å²) in [4.78, 5) is 14.7. The van der Waals surface area contributed by atoms with Gasteiger partial charge in [-0.3, -0.25) is 4.79 Å². The molecule has 0 aliphatic carbocycles. The Hall–Kier alpha value is -2.56. The van der Waals surface area contributed by atoms with E-state index in [1.807, 2.05) is 4.90 Å². The molecular formula is C21H25F2N3O4S. The number of morpholine rings is 1. The molecule has 0 saturated carbocycles. The number of hydrogen-bond donors (Lipinski definition) is 1. The summed E-state index contributed by atoms with van der Waals surface area (Å²) in [6.45, 7) is 6.15. The maximum absolute atomic E-state index is 14.1. The van der Waals surface area contributed by atoms with Crippen LogP contribution in [0.4, 0.5) is 20.2 Å². The Kier molecular flexibility index (Phi) is 7.24. The highest BCUT2D eigenvalue weighted by Crippen LogP contribution is 2.31. The van der Waals surface area contributed by atoms with Crippen LogP contribution >= 0.6 is 0 Å². The molecule has 0 unspecified atom stereocenters. The molecular weight excluding hydrogens is 428 g/mol. The minimum absolute atomic E-state index is 0.0167. The molecule has 2 aromatic rings. The SMILES string of the molecule is CCN(CC)S(=O)(=O)c1ccc(N2CCOCC2)c(NC(=O)c2ccc(F)cc2F)c1. The molecule has 0 bridgehead atoms. The number of ether oxygens (including phenoxy) is 1. The lowest BCUT2D eigenvalue weighted by atomic mass is 10.1. The molecule has 3 rings (SSSR count). The highest BCUT2D eigenvalue weighted by atomic mass is 32.2. The smallest absolute Gasteiger partial charge is 0.258 e.